The van der Waals surface area contributed by atoms with Gasteiger partial charge in [0, 0.05) is 5.41 Å². The molecular weight excluding hydrogens is 234 g/mol. The smallest absolute Gasteiger partial charge is 0.358 e. The Labute approximate surface area is 107 Å². The Kier molecular flexibility index (Phi) is 4.45. The number of carbonyl (C=O) groups is 1. The van der Waals surface area contributed by atoms with Crippen LogP contribution in [-0.4, -0.2) is 38.8 Å². The van der Waals surface area contributed by atoms with Gasteiger partial charge in [0.2, 0.25) is 0 Å². The molecular formula is C12H21N3O3. The third kappa shape index (κ3) is 3.53. The average molecular weight is 255 g/mol. The van der Waals surface area contributed by atoms with E-state index in [1.54, 1.807) is 4.68 Å². The predicted molar refractivity (Wildman–Crippen MR) is 66.8 cm³/mol. The van der Waals surface area contributed by atoms with Crippen molar-refractivity contribution in [2.45, 2.75) is 52.7 Å². The molecule has 0 radical (unpaired) electrons. The summed E-state index contributed by atoms with van der Waals surface area (Å²) in [4.78, 5) is 11.1. The number of carboxylic acids is 1. The lowest BCUT2D eigenvalue weighted by Gasteiger charge is -2.20. The van der Waals surface area contributed by atoms with E-state index in [0.717, 1.165) is 0 Å². The fourth-order valence-electron chi connectivity index (χ4n) is 1.73. The zero-order valence-electron chi connectivity index (χ0n) is 11.6. The highest BCUT2D eigenvalue weighted by atomic mass is 16.5. The van der Waals surface area contributed by atoms with E-state index in [0.29, 0.717) is 18.8 Å². The number of aromatic carboxylic acids is 1. The number of aromatic nitrogens is 3. The van der Waals surface area contributed by atoms with Crippen LogP contribution in [0.15, 0.2) is 0 Å². The van der Waals surface area contributed by atoms with E-state index in [1.165, 1.54) is 0 Å². The minimum absolute atomic E-state index is 0.0204. The summed E-state index contributed by atoms with van der Waals surface area (Å²) in [6.45, 7) is 10.7. The van der Waals surface area contributed by atoms with Gasteiger partial charge in [0.05, 0.1) is 24.9 Å². The minimum Gasteiger partial charge on any atom is -0.476 e. The van der Waals surface area contributed by atoms with Crippen molar-refractivity contribution in [1.82, 2.24) is 15.0 Å². The number of rotatable bonds is 5. The zero-order valence-corrected chi connectivity index (χ0v) is 11.6. The molecule has 0 saturated carbocycles. The summed E-state index contributed by atoms with van der Waals surface area (Å²) in [5, 5.41) is 16.8. The molecule has 1 N–H and O–H groups in total. The topological polar surface area (TPSA) is 77.2 Å². The maximum atomic E-state index is 11.1. The Bertz CT molecular complexity index is 419. The highest BCUT2D eigenvalue weighted by Gasteiger charge is 2.28. The van der Waals surface area contributed by atoms with E-state index < -0.39 is 5.97 Å². The van der Waals surface area contributed by atoms with Crippen LogP contribution in [0.2, 0.25) is 0 Å². The van der Waals surface area contributed by atoms with Crippen molar-refractivity contribution in [2.24, 2.45) is 0 Å². The van der Waals surface area contributed by atoms with Gasteiger partial charge >= 0.3 is 5.97 Å². The van der Waals surface area contributed by atoms with Crippen LogP contribution >= 0.6 is 0 Å². The molecule has 0 fully saturated rings. The van der Waals surface area contributed by atoms with Crippen LogP contribution < -0.4 is 0 Å². The van der Waals surface area contributed by atoms with Crippen LogP contribution in [0, 0.1) is 0 Å². The second-order valence-corrected chi connectivity index (χ2v) is 5.48. The third-order valence-electron chi connectivity index (χ3n) is 2.40. The van der Waals surface area contributed by atoms with Gasteiger partial charge in [-0.3, -0.25) is 0 Å². The molecule has 0 atom stereocenters. The quantitative estimate of drug-likeness (QED) is 0.866. The minimum atomic E-state index is -1.05. The number of hydrogen-bond acceptors (Lipinski definition) is 4. The van der Waals surface area contributed by atoms with Gasteiger partial charge in [0.25, 0.3) is 0 Å². The molecule has 0 amide bonds. The van der Waals surface area contributed by atoms with E-state index in [1.807, 2.05) is 34.6 Å². The van der Waals surface area contributed by atoms with Crippen molar-refractivity contribution in [3.8, 4) is 0 Å². The Balaban J connectivity index is 2.95. The molecule has 1 aromatic heterocycles. The zero-order chi connectivity index (χ0) is 13.9. The summed E-state index contributed by atoms with van der Waals surface area (Å²) in [6, 6.07) is 0. The molecule has 1 heterocycles. The van der Waals surface area contributed by atoms with Crippen LogP contribution in [-0.2, 0) is 16.7 Å². The van der Waals surface area contributed by atoms with Crippen molar-refractivity contribution >= 4 is 5.97 Å². The Morgan fingerprint density at radius 1 is 1.44 bits per heavy atom. The van der Waals surface area contributed by atoms with E-state index in [2.05, 4.69) is 10.3 Å². The van der Waals surface area contributed by atoms with Crippen molar-refractivity contribution < 1.29 is 14.6 Å². The van der Waals surface area contributed by atoms with Gasteiger partial charge in [0.15, 0.2) is 5.69 Å². The molecule has 0 spiro atoms. The van der Waals surface area contributed by atoms with Crippen LogP contribution in [0.25, 0.3) is 0 Å². The molecule has 0 aliphatic rings. The summed E-state index contributed by atoms with van der Waals surface area (Å²) < 4.78 is 7.06. The standard InChI is InChI=1S/C12H21N3O3/c1-8(2)18-7-6-15-10(12(3,4)5)9(11(16)17)13-14-15/h8H,6-7H2,1-5H3,(H,16,17). The molecule has 18 heavy (non-hydrogen) atoms. The summed E-state index contributed by atoms with van der Waals surface area (Å²) in [6.07, 6.45) is 0.144. The number of ether oxygens (including phenoxy) is 1. The van der Waals surface area contributed by atoms with Crippen LogP contribution in [0.1, 0.15) is 50.8 Å². The largest absolute Gasteiger partial charge is 0.476 e. The van der Waals surface area contributed by atoms with Crippen LogP contribution in [0.5, 0.6) is 0 Å². The van der Waals surface area contributed by atoms with Gasteiger partial charge in [-0.15, -0.1) is 5.10 Å². The normalized spacial score (nSPS) is 12.1. The van der Waals surface area contributed by atoms with Gasteiger partial charge < -0.3 is 9.84 Å². The van der Waals surface area contributed by atoms with Gasteiger partial charge in [-0.25, -0.2) is 9.48 Å². The van der Waals surface area contributed by atoms with Gasteiger partial charge in [-0.05, 0) is 13.8 Å². The van der Waals surface area contributed by atoms with Gasteiger partial charge in [-0.2, -0.15) is 0 Å². The monoisotopic (exact) mass is 255 g/mol. The van der Waals surface area contributed by atoms with Crippen molar-refractivity contribution in [2.75, 3.05) is 6.61 Å². The molecule has 6 nitrogen and oxygen atoms in total. The maximum absolute atomic E-state index is 11.1. The molecule has 0 unspecified atom stereocenters. The molecule has 0 aliphatic carbocycles. The fourth-order valence-corrected chi connectivity index (χ4v) is 1.73. The fraction of sp³-hybridized carbons (Fsp3) is 0.750. The first-order valence-corrected chi connectivity index (χ1v) is 6.02. The second kappa shape index (κ2) is 5.48. The SMILES string of the molecule is CC(C)OCCn1nnc(C(=O)O)c1C(C)(C)C. The lowest BCUT2D eigenvalue weighted by molar-refractivity contribution is 0.0676. The molecule has 6 heteroatoms. The lowest BCUT2D eigenvalue weighted by atomic mass is 9.90. The van der Waals surface area contributed by atoms with E-state index in [9.17, 15) is 4.79 Å². The number of nitrogens with zero attached hydrogens (tertiary/aromatic N) is 3. The molecule has 1 aromatic rings. The molecule has 0 saturated heterocycles. The number of hydrogen-bond donors (Lipinski definition) is 1. The molecule has 1 rings (SSSR count). The third-order valence-corrected chi connectivity index (χ3v) is 2.40. The molecule has 0 aliphatic heterocycles. The van der Waals surface area contributed by atoms with Crippen molar-refractivity contribution in [3.05, 3.63) is 11.4 Å². The van der Waals surface area contributed by atoms with Crippen LogP contribution in [0.3, 0.4) is 0 Å². The van der Waals surface area contributed by atoms with Gasteiger partial charge in [0.1, 0.15) is 0 Å². The molecule has 0 bridgehead atoms. The Hall–Kier alpha value is -1.43. The molecule has 102 valence electrons. The van der Waals surface area contributed by atoms with Crippen molar-refractivity contribution in [3.63, 3.8) is 0 Å². The Morgan fingerprint density at radius 2 is 2.06 bits per heavy atom. The first kappa shape index (κ1) is 14.6. The summed E-state index contributed by atoms with van der Waals surface area (Å²) in [7, 11) is 0. The summed E-state index contributed by atoms with van der Waals surface area (Å²) >= 11 is 0. The summed E-state index contributed by atoms with van der Waals surface area (Å²) in [5.74, 6) is -1.05. The van der Waals surface area contributed by atoms with Crippen molar-refractivity contribution in [1.29, 1.82) is 0 Å². The van der Waals surface area contributed by atoms with E-state index in [-0.39, 0.29) is 17.2 Å². The van der Waals surface area contributed by atoms with Gasteiger partial charge in [-0.1, -0.05) is 26.0 Å². The highest BCUT2D eigenvalue weighted by molar-refractivity contribution is 5.86. The average Bonchev–Trinajstić information content (AvgIpc) is 2.60. The second-order valence-electron chi connectivity index (χ2n) is 5.48. The molecule has 0 aromatic carbocycles. The highest BCUT2D eigenvalue weighted by Crippen LogP contribution is 2.24. The number of carboxylic acid groups (broad SMARTS) is 1. The maximum Gasteiger partial charge on any atom is 0.358 e. The first-order chi connectivity index (χ1) is 8.23. The Morgan fingerprint density at radius 3 is 2.50 bits per heavy atom. The van der Waals surface area contributed by atoms with Crippen LogP contribution in [0.4, 0.5) is 0 Å². The lowest BCUT2D eigenvalue weighted by Crippen LogP contribution is -2.23. The van der Waals surface area contributed by atoms with E-state index in [4.69, 9.17) is 9.84 Å². The summed E-state index contributed by atoms with van der Waals surface area (Å²) in [5.41, 5.74) is 0.323. The van der Waals surface area contributed by atoms with E-state index >= 15 is 0 Å². The first-order valence-electron chi connectivity index (χ1n) is 6.02. The predicted octanol–water partition coefficient (Wildman–Crippen LogP) is 1.70.